The number of methoxy groups -OCH3 is 1. The molecule has 0 fully saturated rings. The molecular weight excluding hydrogens is 344 g/mol. The minimum atomic E-state index is -0.494. The van der Waals surface area contributed by atoms with Gasteiger partial charge >= 0.3 is 0 Å². The number of fused-ring (bicyclic) bond motifs is 1. The maximum Gasteiger partial charge on any atom is 0.264 e. The van der Waals surface area contributed by atoms with Crippen molar-refractivity contribution in [3.05, 3.63) is 28.3 Å². The first-order valence-electron chi connectivity index (χ1n) is 9.07. The Morgan fingerprint density at radius 1 is 1.30 bits per heavy atom. The normalized spacial score (nSPS) is 13.6. The second-order valence-corrected chi connectivity index (χ2v) is 7.85. The van der Waals surface area contributed by atoms with Gasteiger partial charge in [0.15, 0.2) is 5.82 Å². The van der Waals surface area contributed by atoms with Crippen molar-refractivity contribution in [1.29, 1.82) is 0 Å². The molecule has 0 aromatic carbocycles. The summed E-state index contributed by atoms with van der Waals surface area (Å²) in [6.07, 6.45) is 1.85. The smallest absolute Gasteiger partial charge is 0.264 e. The molecule has 3 rings (SSSR count). The number of H-pyrrole nitrogens is 1. The third-order valence-electron chi connectivity index (χ3n) is 5.47. The summed E-state index contributed by atoms with van der Waals surface area (Å²) in [5.74, 6) is 0.489. The second-order valence-electron chi connectivity index (χ2n) is 7.85. The van der Waals surface area contributed by atoms with E-state index in [4.69, 9.17) is 10.5 Å². The number of nitrogen functional groups attached to an aromatic ring is 1. The highest BCUT2D eigenvalue weighted by atomic mass is 16.5. The maximum absolute atomic E-state index is 13.0. The number of aryl methyl sites for hydroxylation is 1. The Balaban J connectivity index is 2.31. The number of rotatable bonds is 5. The van der Waals surface area contributed by atoms with Crippen LogP contribution in [0.2, 0.25) is 0 Å². The minimum absolute atomic E-state index is 0.00792. The van der Waals surface area contributed by atoms with Crippen LogP contribution in [0.15, 0.2) is 17.1 Å². The summed E-state index contributed by atoms with van der Waals surface area (Å²) in [6, 6.07) is 1.98. The van der Waals surface area contributed by atoms with Crippen LogP contribution in [0, 0.1) is 5.92 Å². The summed E-state index contributed by atoms with van der Waals surface area (Å²) >= 11 is 0. The molecule has 0 saturated carbocycles. The predicted octanol–water partition coefficient (Wildman–Crippen LogP) is 2.81. The van der Waals surface area contributed by atoms with Gasteiger partial charge in [-0.1, -0.05) is 13.8 Å². The Hall–Kier alpha value is -2.61. The van der Waals surface area contributed by atoms with Gasteiger partial charge in [0.05, 0.1) is 16.9 Å². The number of anilines is 1. The van der Waals surface area contributed by atoms with Crippen molar-refractivity contribution >= 4 is 16.7 Å². The largest absolute Gasteiger partial charge is 0.382 e. The first-order chi connectivity index (χ1) is 12.6. The number of nitrogens with zero attached hydrogens (tertiary/aromatic N) is 4. The van der Waals surface area contributed by atoms with Gasteiger partial charge in [0.2, 0.25) is 0 Å². The zero-order chi connectivity index (χ0) is 20.1. The van der Waals surface area contributed by atoms with Gasteiger partial charge in [0.1, 0.15) is 11.0 Å². The fourth-order valence-corrected chi connectivity index (χ4v) is 3.24. The molecule has 8 nitrogen and oxygen atoms in total. The number of nitrogens with two attached hydrogens (primary N) is 1. The molecule has 3 aromatic rings. The maximum atomic E-state index is 13.0. The van der Waals surface area contributed by atoms with E-state index in [1.807, 2.05) is 40.1 Å². The van der Waals surface area contributed by atoms with Crippen molar-refractivity contribution in [2.45, 2.75) is 46.3 Å². The molecule has 0 aliphatic heterocycles. The number of nitrogens with one attached hydrogen (secondary N) is 1. The van der Waals surface area contributed by atoms with Gasteiger partial charge in [-0.2, -0.15) is 10.2 Å². The summed E-state index contributed by atoms with van der Waals surface area (Å²) < 4.78 is 9.13. The van der Waals surface area contributed by atoms with E-state index in [1.165, 1.54) is 0 Å². The van der Waals surface area contributed by atoms with E-state index in [1.54, 1.807) is 16.4 Å². The Labute approximate surface area is 158 Å². The zero-order valence-corrected chi connectivity index (χ0v) is 17.0. The van der Waals surface area contributed by atoms with Crippen molar-refractivity contribution in [3.8, 4) is 11.3 Å². The molecule has 3 aromatic heterocycles. The van der Waals surface area contributed by atoms with Gasteiger partial charge < -0.3 is 15.0 Å². The van der Waals surface area contributed by atoms with Crippen molar-refractivity contribution in [2.75, 3.05) is 12.8 Å². The lowest BCUT2D eigenvalue weighted by Crippen LogP contribution is -2.26. The van der Waals surface area contributed by atoms with Crippen LogP contribution in [0.3, 0.4) is 0 Å². The van der Waals surface area contributed by atoms with E-state index < -0.39 is 5.60 Å². The number of hydrogen-bond donors (Lipinski definition) is 2. The topological polar surface area (TPSA) is 104 Å². The number of aromatic nitrogens is 5. The summed E-state index contributed by atoms with van der Waals surface area (Å²) in [4.78, 5) is 13.0. The van der Waals surface area contributed by atoms with Crippen LogP contribution in [0.25, 0.3) is 22.2 Å². The predicted molar refractivity (Wildman–Crippen MR) is 107 cm³/mol. The van der Waals surface area contributed by atoms with Crippen molar-refractivity contribution in [1.82, 2.24) is 24.5 Å². The second kappa shape index (κ2) is 6.53. The summed E-state index contributed by atoms with van der Waals surface area (Å²) in [5.41, 5.74) is 8.40. The molecule has 0 aliphatic rings. The number of ether oxygens (including phenoxy) is 1. The fourth-order valence-electron chi connectivity index (χ4n) is 3.24. The van der Waals surface area contributed by atoms with E-state index >= 15 is 0 Å². The summed E-state index contributed by atoms with van der Waals surface area (Å²) in [6.45, 7) is 10.2. The van der Waals surface area contributed by atoms with Crippen LogP contribution in [-0.2, 0) is 17.4 Å². The Morgan fingerprint density at radius 3 is 2.56 bits per heavy atom. The Bertz CT molecular complexity index is 1040. The van der Waals surface area contributed by atoms with E-state index in [2.05, 4.69) is 29.1 Å². The van der Waals surface area contributed by atoms with Crippen LogP contribution in [0.4, 0.5) is 5.82 Å². The highest BCUT2D eigenvalue weighted by Gasteiger charge is 2.27. The average molecular weight is 372 g/mol. The highest BCUT2D eigenvalue weighted by molar-refractivity contribution is 5.97. The Morgan fingerprint density at radius 2 is 1.96 bits per heavy atom. The average Bonchev–Trinajstić information content (AvgIpc) is 3.19. The van der Waals surface area contributed by atoms with Crippen LogP contribution in [-0.4, -0.2) is 31.7 Å². The first kappa shape index (κ1) is 19.2. The SMILES string of the molecule is COC(C)(C)c1cc(-c2cn(C(C)C(C)C)c(=O)c3c(N)n[nH]c23)nn1C. The van der Waals surface area contributed by atoms with Crippen molar-refractivity contribution < 1.29 is 4.74 Å². The lowest BCUT2D eigenvalue weighted by Gasteiger charge is -2.22. The molecule has 0 saturated heterocycles. The van der Waals surface area contributed by atoms with E-state index in [9.17, 15) is 4.79 Å². The van der Waals surface area contributed by atoms with E-state index in [-0.39, 0.29) is 23.3 Å². The molecule has 8 heteroatoms. The number of aromatic amines is 1. The van der Waals surface area contributed by atoms with Crippen molar-refractivity contribution in [2.24, 2.45) is 13.0 Å². The van der Waals surface area contributed by atoms with Crippen LogP contribution >= 0.6 is 0 Å². The molecular formula is C19H28N6O2. The summed E-state index contributed by atoms with van der Waals surface area (Å²) in [5, 5.41) is 12.0. The first-order valence-corrected chi connectivity index (χ1v) is 9.07. The third kappa shape index (κ3) is 3.03. The molecule has 0 bridgehead atoms. The molecule has 0 aliphatic carbocycles. The monoisotopic (exact) mass is 372 g/mol. The lowest BCUT2D eigenvalue weighted by molar-refractivity contribution is 0.0123. The van der Waals surface area contributed by atoms with Gasteiger partial charge in [-0.05, 0) is 32.8 Å². The zero-order valence-electron chi connectivity index (χ0n) is 17.0. The molecule has 146 valence electrons. The molecule has 1 unspecified atom stereocenters. The lowest BCUT2D eigenvalue weighted by atomic mass is 10.0. The quantitative estimate of drug-likeness (QED) is 0.717. The van der Waals surface area contributed by atoms with Crippen LogP contribution in [0.1, 0.15) is 46.4 Å². The van der Waals surface area contributed by atoms with Crippen molar-refractivity contribution in [3.63, 3.8) is 0 Å². The van der Waals surface area contributed by atoms with E-state index in [0.717, 1.165) is 17.0 Å². The molecule has 0 amide bonds. The molecule has 27 heavy (non-hydrogen) atoms. The molecule has 0 spiro atoms. The number of pyridine rings is 1. The van der Waals surface area contributed by atoms with E-state index in [0.29, 0.717) is 10.9 Å². The van der Waals surface area contributed by atoms with Gasteiger partial charge in [0.25, 0.3) is 5.56 Å². The minimum Gasteiger partial charge on any atom is -0.382 e. The number of hydrogen-bond acceptors (Lipinski definition) is 5. The van der Waals surface area contributed by atoms with Crippen LogP contribution < -0.4 is 11.3 Å². The summed E-state index contributed by atoms with van der Waals surface area (Å²) in [7, 11) is 3.55. The molecule has 0 radical (unpaired) electrons. The third-order valence-corrected chi connectivity index (χ3v) is 5.47. The fraction of sp³-hybridized carbons (Fsp3) is 0.526. The van der Waals surface area contributed by atoms with Gasteiger partial charge in [-0.3, -0.25) is 14.6 Å². The molecule has 3 N–H and O–H groups in total. The molecule has 3 heterocycles. The van der Waals surface area contributed by atoms with Gasteiger partial charge in [0, 0.05) is 32.0 Å². The van der Waals surface area contributed by atoms with Gasteiger partial charge in [-0.25, -0.2) is 0 Å². The molecule has 1 atom stereocenters. The standard InChI is InChI=1S/C19H28N6O2/c1-10(2)11(3)25-9-12(16-15(18(25)26)17(20)22-21-16)13-8-14(24(6)23-13)19(4,5)27-7/h8-11H,1-7H3,(H3,20,21,22). The Kier molecular flexibility index (Phi) is 4.63. The highest BCUT2D eigenvalue weighted by Crippen LogP contribution is 2.32. The van der Waals surface area contributed by atoms with Crippen LogP contribution in [0.5, 0.6) is 0 Å². The van der Waals surface area contributed by atoms with Gasteiger partial charge in [-0.15, -0.1) is 0 Å².